The standard InChI is InChI=1S/C22H39N5O6/c1-7-15(8-2)33-17-10-14(9-16(27-22(24)25)19(17)26-12(5)28)20(29)31-13(6)32-21(30)18(23)11(3)4/h10-11,13,15-19H,7-9,23H2,1-6H3,(H,26,28)(H4,24,25,27)/t13?,16-,17+,18+,19+/m0/s1. The van der Waals surface area contributed by atoms with Crippen LogP contribution in [-0.2, 0) is 28.6 Å². The molecule has 0 radical (unpaired) electrons. The van der Waals surface area contributed by atoms with Crippen LogP contribution in [0, 0.1) is 11.3 Å². The molecule has 11 nitrogen and oxygen atoms in total. The van der Waals surface area contributed by atoms with Gasteiger partial charge in [0.2, 0.25) is 12.2 Å². The summed E-state index contributed by atoms with van der Waals surface area (Å²) < 4.78 is 16.6. The number of guanidine groups is 1. The Labute approximate surface area is 195 Å². The van der Waals surface area contributed by atoms with E-state index in [1.807, 2.05) is 13.8 Å². The molecule has 0 aromatic heterocycles. The minimum absolute atomic E-state index is 0.103. The third-order valence-electron chi connectivity index (χ3n) is 5.37. The number of nitrogens with one attached hydrogen (secondary N) is 3. The Bertz CT molecular complexity index is 737. The van der Waals surface area contributed by atoms with Crippen molar-refractivity contribution in [1.82, 2.24) is 10.6 Å². The highest BCUT2D eigenvalue weighted by atomic mass is 16.7. The van der Waals surface area contributed by atoms with Crippen LogP contribution in [0.2, 0.25) is 0 Å². The summed E-state index contributed by atoms with van der Waals surface area (Å²) in [4.78, 5) is 36.7. The number of esters is 2. The molecule has 0 saturated heterocycles. The summed E-state index contributed by atoms with van der Waals surface area (Å²) in [7, 11) is 0. The number of carbonyl (C=O) groups is 3. The maximum Gasteiger partial charge on any atom is 0.336 e. The van der Waals surface area contributed by atoms with Crippen LogP contribution in [0.4, 0.5) is 0 Å². The first-order valence-corrected chi connectivity index (χ1v) is 11.3. The van der Waals surface area contributed by atoms with Crippen molar-refractivity contribution in [3.8, 4) is 0 Å². The molecular formula is C22H39N5O6. The van der Waals surface area contributed by atoms with Crippen LogP contribution in [-0.4, -0.2) is 60.4 Å². The lowest BCUT2D eigenvalue weighted by Crippen LogP contribution is -2.60. The van der Waals surface area contributed by atoms with Crippen molar-refractivity contribution in [2.24, 2.45) is 17.4 Å². The van der Waals surface area contributed by atoms with Gasteiger partial charge in [0.15, 0.2) is 5.96 Å². The fraction of sp³-hybridized carbons (Fsp3) is 0.727. The molecule has 1 aliphatic carbocycles. The van der Waals surface area contributed by atoms with Gasteiger partial charge in [0.25, 0.3) is 0 Å². The lowest BCUT2D eigenvalue weighted by atomic mass is 9.87. The van der Waals surface area contributed by atoms with Crippen molar-refractivity contribution in [2.45, 2.75) is 97.4 Å². The van der Waals surface area contributed by atoms with Gasteiger partial charge in [-0.3, -0.25) is 15.0 Å². The Kier molecular flexibility index (Phi) is 11.3. The van der Waals surface area contributed by atoms with Crippen molar-refractivity contribution >= 4 is 23.8 Å². The van der Waals surface area contributed by atoms with Gasteiger partial charge in [-0.05, 0) is 24.8 Å². The second-order valence-electron chi connectivity index (χ2n) is 8.51. The molecule has 0 spiro atoms. The average Bonchev–Trinajstić information content (AvgIpc) is 2.71. The molecule has 0 saturated carbocycles. The molecule has 33 heavy (non-hydrogen) atoms. The Hall–Kier alpha value is -2.66. The highest BCUT2D eigenvalue weighted by Crippen LogP contribution is 2.25. The third-order valence-corrected chi connectivity index (χ3v) is 5.37. The number of ether oxygens (including phenoxy) is 3. The Morgan fingerprint density at radius 2 is 1.76 bits per heavy atom. The van der Waals surface area contributed by atoms with Gasteiger partial charge in [0.1, 0.15) is 6.04 Å². The number of hydrogen-bond acceptors (Lipinski definition) is 8. The molecule has 0 aromatic rings. The summed E-state index contributed by atoms with van der Waals surface area (Å²) in [5.74, 6) is -2.09. The van der Waals surface area contributed by atoms with Crippen LogP contribution in [0.1, 0.15) is 60.8 Å². The molecule has 0 aliphatic heterocycles. The van der Waals surface area contributed by atoms with Crippen LogP contribution in [0.5, 0.6) is 0 Å². The van der Waals surface area contributed by atoms with E-state index in [4.69, 9.17) is 31.1 Å². The molecule has 1 amide bonds. The summed E-state index contributed by atoms with van der Waals surface area (Å²) in [6.07, 6.45) is 1.27. The van der Waals surface area contributed by atoms with E-state index in [1.54, 1.807) is 19.9 Å². The third kappa shape index (κ3) is 9.01. The van der Waals surface area contributed by atoms with Crippen LogP contribution in [0.3, 0.4) is 0 Å². The smallest absolute Gasteiger partial charge is 0.336 e. The highest BCUT2D eigenvalue weighted by Gasteiger charge is 2.38. The van der Waals surface area contributed by atoms with Crippen LogP contribution < -0.4 is 22.1 Å². The summed E-state index contributed by atoms with van der Waals surface area (Å²) in [5, 5.41) is 13.3. The molecule has 0 heterocycles. The molecule has 1 unspecified atom stereocenters. The Balaban J connectivity index is 3.10. The molecule has 0 aromatic carbocycles. The summed E-state index contributed by atoms with van der Waals surface area (Å²) in [6, 6.07) is -1.99. The highest BCUT2D eigenvalue weighted by molar-refractivity contribution is 5.89. The van der Waals surface area contributed by atoms with Crippen LogP contribution in [0.25, 0.3) is 0 Å². The van der Waals surface area contributed by atoms with E-state index in [0.717, 1.165) is 12.8 Å². The van der Waals surface area contributed by atoms with Crippen molar-refractivity contribution in [3.05, 3.63) is 11.6 Å². The van der Waals surface area contributed by atoms with Crippen LogP contribution in [0.15, 0.2) is 11.6 Å². The van der Waals surface area contributed by atoms with Crippen molar-refractivity contribution < 1.29 is 28.6 Å². The largest absolute Gasteiger partial charge is 0.424 e. The minimum atomic E-state index is -1.15. The summed E-state index contributed by atoms with van der Waals surface area (Å²) in [6.45, 7) is 10.3. The quantitative estimate of drug-likeness (QED) is 0.126. The maximum absolute atomic E-state index is 12.9. The molecule has 7 N–H and O–H groups in total. The fourth-order valence-corrected chi connectivity index (χ4v) is 3.46. The molecule has 11 heteroatoms. The number of hydrogen-bond donors (Lipinski definition) is 5. The zero-order chi connectivity index (χ0) is 25.3. The summed E-state index contributed by atoms with van der Waals surface area (Å²) >= 11 is 0. The first-order valence-electron chi connectivity index (χ1n) is 11.3. The monoisotopic (exact) mass is 469 g/mol. The lowest BCUT2D eigenvalue weighted by Gasteiger charge is -2.38. The zero-order valence-corrected chi connectivity index (χ0v) is 20.3. The lowest BCUT2D eigenvalue weighted by molar-refractivity contribution is -0.183. The van der Waals surface area contributed by atoms with E-state index >= 15 is 0 Å². The Morgan fingerprint density at radius 3 is 2.24 bits per heavy atom. The average molecular weight is 470 g/mol. The second kappa shape index (κ2) is 13.1. The van der Waals surface area contributed by atoms with Gasteiger partial charge < -0.3 is 36.3 Å². The second-order valence-corrected chi connectivity index (χ2v) is 8.51. The van der Waals surface area contributed by atoms with E-state index in [1.165, 1.54) is 13.8 Å². The molecule has 1 rings (SSSR count). The molecular weight excluding hydrogens is 430 g/mol. The first kappa shape index (κ1) is 28.4. The molecule has 1 aliphatic rings. The minimum Gasteiger partial charge on any atom is -0.424 e. The van der Waals surface area contributed by atoms with Gasteiger partial charge in [0, 0.05) is 25.8 Å². The van der Waals surface area contributed by atoms with E-state index in [2.05, 4.69) is 10.6 Å². The number of rotatable bonds is 11. The van der Waals surface area contributed by atoms with Crippen LogP contribution >= 0.6 is 0 Å². The first-order chi connectivity index (χ1) is 15.4. The molecule has 5 atom stereocenters. The van der Waals surface area contributed by atoms with Crippen molar-refractivity contribution in [2.75, 3.05) is 0 Å². The number of nitrogens with two attached hydrogens (primary N) is 2. The van der Waals surface area contributed by atoms with Gasteiger partial charge in [0.05, 0.1) is 24.3 Å². The predicted octanol–water partition coefficient (Wildman–Crippen LogP) is 0.662. The fourth-order valence-electron chi connectivity index (χ4n) is 3.46. The van der Waals surface area contributed by atoms with Crippen molar-refractivity contribution in [3.63, 3.8) is 0 Å². The number of amides is 1. The van der Waals surface area contributed by atoms with Gasteiger partial charge in [-0.25, -0.2) is 4.79 Å². The van der Waals surface area contributed by atoms with E-state index in [9.17, 15) is 14.4 Å². The SMILES string of the molecule is CCC(CC)O[C@@H]1C=C(C(=O)OC(C)OC(=O)[C@H](N)C(C)C)C[C@H](NC(=N)N)[C@H]1NC(C)=O. The van der Waals surface area contributed by atoms with E-state index in [-0.39, 0.29) is 35.9 Å². The predicted molar refractivity (Wildman–Crippen MR) is 123 cm³/mol. The zero-order valence-electron chi connectivity index (χ0n) is 20.3. The normalized spacial score (nSPS) is 22.2. The van der Waals surface area contributed by atoms with Crippen molar-refractivity contribution in [1.29, 1.82) is 5.41 Å². The van der Waals surface area contributed by atoms with Gasteiger partial charge in [-0.1, -0.05) is 27.7 Å². The van der Waals surface area contributed by atoms with E-state index in [0.29, 0.717) is 0 Å². The van der Waals surface area contributed by atoms with Gasteiger partial charge in [-0.15, -0.1) is 0 Å². The topological polar surface area (TPSA) is 179 Å². The van der Waals surface area contributed by atoms with E-state index < -0.39 is 42.5 Å². The van der Waals surface area contributed by atoms with Gasteiger partial charge in [-0.2, -0.15) is 0 Å². The summed E-state index contributed by atoms with van der Waals surface area (Å²) in [5.41, 5.74) is 11.6. The molecule has 188 valence electrons. The van der Waals surface area contributed by atoms with Gasteiger partial charge >= 0.3 is 11.9 Å². The Morgan fingerprint density at radius 1 is 1.15 bits per heavy atom. The maximum atomic E-state index is 12.9. The molecule has 0 bridgehead atoms. The number of carbonyl (C=O) groups excluding carboxylic acids is 3. The molecule has 0 fully saturated rings.